The van der Waals surface area contributed by atoms with Crippen LogP contribution in [0.3, 0.4) is 0 Å². The van der Waals surface area contributed by atoms with Crippen LogP contribution in [0.2, 0.25) is 0 Å². The van der Waals surface area contributed by atoms with E-state index in [1.54, 1.807) is 0 Å². The molecule has 0 aliphatic carbocycles. The SMILES string of the molecule is c1ccc(-c2ccc3cc(-c4c5ccccc5c(-c5cccc6c5sc5ccc7ccccc7c56)c5ccccc45)ccc3c2)cc1. The highest BCUT2D eigenvalue weighted by Crippen LogP contribution is 2.48. The topological polar surface area (TPSA) is 0 Å². The van der Waals surface area contributed by atoms with Crippen molar-refractivity contribution >= 4 is 74.6 Å². The summed E-state index contributed by atoms with van der Waals surface area (Å²) in [5.41, 5.74) is 7.65. The predicted octanol–water partition coefficient (Wildman–Crippen LogP) is 13.7. The molecule has 0 nitrogen and oxygen atoms in total. The molecule has 0 aliphatic heterocycles. The number of benzene rings is 9. The zero-order valence-corrected chi connectivity index (χ0v) is 26.4. The molecule has 0 atom stereocenters. The summed E-state index contributed by atoms with van der Waals surface area (Å²) in [5, 5.41) is 13.0. The van der Waals surface area contributed by atoms with Crippen molar-refractivity contribution in [2.24, 2.45) is 0 Å². The molecule has 0 aliphatic rings. The van der Waals surface area contributed by atoms with Gasteiger partial charge in [-0.2, -0.15) is 0 Å². The van der Waals surface area contributed by atoms with E-state index in [1.165, 1.54) is 96.6 Å². The highest BCUT2D eigenvalue weighted by molar-refractivity contribution is 7.26. The van der Waals surface area contributed by atoms with Crippen LogP contribution in [0.25, 0.3) is 96.6 Å². The van der Waals surface area contributed by atoms with E-state index in [2.05, 4.69) is 170 Å². The van der Waals surface area contributed by atoms with Gasteiger partial charge in [-0.25, -0.2) is 0 Å². The number of hydrogen-bond donors (Lipinski definition) is 0. The van der Waals surface area contributed by atoms with E-state index < -0.39 is 0 Å². The quantitative estimate of drug-likeness (QED) is 0.174. The van der Waals surface area contributed by atoms with Crippen molar-refractivity contribution in [3.63, 3.8) is 0 Å². The molecule has 0 radical (unpaired) electrons. The van der Waals surface area contributed by atoms with Gasteiger partial charge in [0.25, 0.3) is 0 Å². The fraction of sp³-hybridized carbons (Fsp3) is 0. The summed E-state index contributed by atoms with van der Waals surface area (Å²) < 4.78 is 2.69. The maximum Gasteiger partial charge on any atom is 0.0434 e. The fourth-order valence-corrected chi connectivity index (χ4v) is 8.94. The number of fused-ring (bicyclic) bond motifs is 8. The number of rotatable bonds is 3. The van der Waals surface area contributed by atoms with Gasteiger partial charge in [-0.3, -0.25) is 0 Å². The lowest BCUT2D eigenvalue weighted by Gasteiger charge is -2.18. The summed E-state index contributed by atoms with van der Waals surface area (Å²) in [4.78, 5) is 0. The molecule has 47 heavy (non-hydrogen) atoms. The first-order chi connectivity index (χ1) is 23.3. The molecule has 10 rings (SSSR count). The van der Waals surface area contributed by atoms with E-state index in [1.807, 2.05) is 11.3 Å². The molecule has 0 saturated heterocycles. The first-order valence-corrected chi connectivity index (χ1v) is 17.0. The van der Waals surface area contributed by atoms with Gasteiger partial charge < -0.3 is 0 Å². The average molecular weight is 613 g/mol. The Morgan fingerprint density at radius 1 is 0.319 bits per heavy atom. The van der Waals surface area contributed by atoms with E-state index in [0.717, 1.165) is 0 Å². The molecule has 0 spiro atoms. The van der Waals surface area contributed by atoms with Crippen LogP contribution in [0.5, 0.6) is 0 Å². The van der Waals surface area contributed by atoms with Crippen LogP contribution in [0.4, 0.5) is 0 Å². The number of hydrogen-bond acceptors (Lipinski definition) is 1. The van der Waals surface area contributed by atoms with Gasteiger partial charge in [-0.1, -0.05) is 152 Å². The van der Waals surface area contributed by atoms with Gasteiger partial charge in [0.2, 0.25) is 0 Å². The third kappa shape index (κ3) is 4.07. The largest absolute Gasteiger partial charge is 0.135 e. The minimum Gasteiger partial charge on any atom is -0.135 e. The third-order valence-corrected chi connectivity index (χ3v) is 11.0. The van der Waals surface area contributed by atoms with Crippen molar-refractivity contribution < 1.29 is 0 Å². The van der Waals surface area contributed by atoms with Gasteiger partial charge in [0.05, 0.1) is 0 Å². The lowest BCUT2D eigenvalue weighted by atomic mass is 9.85. The molecule has 0 amide bonds. The molecule has 0 saturated carbocycles. The van der Waals surface area contributed by atoms with Gasteiger partial charge >= 0.3 is 0 Å². The van der Waals surface area contributed by atoms with Crippen LogP contribution in [-0.4, -0.2) is 0 Å². The molecule has 9 aromatic carbocycles. The lowest BCUT2D eigenvalue weighted by molar-refractivity contribution is 1.64. The molecule has 218 valence electrons. The van der Waals surface area contributed by atoms with Crippen LogP contribution in [0.1, 0.15) is 0 Å². The average Bonchev–Trinajstić information content (AvgIpc) is 3.54. The normalized spacial score (nSPS) is 11.8. The Bertz CT molecular complexity index is 2780. The van der Waals surface area contributed by atoms with Gasteiger partial charge in [-0.05, 0) is 89.1 Å². The highest BCUT2D eigenvalue weighted by atomic mass is 32.1. The van der Waals surface area contributed by atoms with Crippen molar-refractivity contribution in [3.8, 4) is 33.4 Å². The van der Waals surface area contributed by atoms with Crippen molar-refractivity contribution in [1.29, 1.82) is 0 Å². The first kappa shape index (κ1) is 26.5. The Morgan fingerprint density at radius 3 is 1.60 bits per heavy atom. The van der Waals surface area contributed by atoms with Crippen LogP contribution < -0.4 is 0 Å². The molecule has 0 fully saturated rings. The number of thiophene rings is 1. The van der Waals surface area contributed by atoms with Crippen LogP contribution in [0, 0.1) is 0 Å². The highest BCUT2D eigenvalue weighted by Gasteiger charge is 2.20. The Hall–Kier alpha value is -5.76. The summed E-state index contributed by atoms with van der Waals surface area (Å²) >= 11 is 1.92. The van der Waals surface area contributed by atoms with Gasteiger partial charge in [-0.15, -0.1) is 11.3 Å². The summed E-state index contributed by atoms with van der Waals surface area (Å²) in [6.45, 7) is 0. The molecule has 0 bridgehead atoms. The minimum absolute atomic E-state index is 1.24. The van der Waals surface area contributed by atoms with Gasteiger partial charge in [0.1, 0.15) is 0 Å². The van der Waals surface area contributed by atoms with Crippen LogP contribution >= 0.6 is 11.3 Å². The van der Waals surface area contributed by atoms with Crippen molar-refractivity contribution in [2.45, 2.75) is 0 Å². The molecule has 1 heteroatoms. The Balaban J connectivity index is 1.24. The van der Waals surface area contributed by atoms with Gasteiger partial charge in [0.15, 0.2) is 0 Å². The zero-order valence-electron chi connectivity index (χ0n) is 25.6. The minimum atomic E-state index is 1.24. The monoisotopic (exact) mass is 612 g/mol. The Kier molecular flexibility index (Phi) is 5.85. The Morgan fingerprint density at radius 2 is 0.872 bits per heavy atom. The zero-order chi connectivity index (χ0) is 30.9. The van der Waals surface area contributed by atoms with E-state index in [0.29, 0.717) is 0 Å². The molecular weight excluding hydrogens is 585 g/mol. The van der Waals surface area contributed by atoms with Crippen LogP contribution in [-0.2, 0) is 0 Å². The van der Waals surface area contributed by atoms with E-state index >= 15 is 0 Å². The summed E-state index contributed by atoms with van der Waals surface area (Å²) in [7, 11) is 0. The van der Waals surface area contributed by atoms with Crippen molar-refractivity contribution in [3.05, 3.63) is 170 Å². The maximum absolute atomic E-state index is 2.37. The third-order valence-electron chi connectivity index (χ3n) is 9.82. The van der Waals surface area contributed by atoms with Crippen molar-refractivity contribution in [2.75, 3.05) is 0 Å². The standard InChI is InChI=1S/C46H28S/c1-2-11-29(12-3-1)31-21-22-33-28-34(24-23-32(33)27-31)43-36-15-6-8-17-38(36)44(39-18-9-7-16-37(39)43)40-19-10-20-41-45-35-14-5-4-13-30(35)25-26-42(45)47-46(40)41/h1-28H. The second-order valence-corrected chi connectivity index (χ2v) is 13.5. The van der Waals surface area contributed by atoms with E-state index in [4.69, 9.17) is 0 Å². The van der Waals surface area contributed by atoms with E-state index in [-0.39, 0.29) is 0 Å². The molecule has 0 unspecified atom stereocenters. The maximum atomic E-state index is 2.37. The second kappa shape index (κ2) is 10.4. The molecular formula is C46H28S. The molecule has 10 aromatic rings. The Labute approximate surface area is 276 Å². The fourth-order valence-electron chi connectivity index (χ4n) is 7.71. The second-order valence-electron chi connectivity index (χ2n) is 12.4. The summed E-state index contributed by atoms with van der Waals surface area (Å²) in [6.07, 6.45) is 0. The lowest BCUT2D eigenvalue weighted by Crippen LogP contribution is -1.91. The smallest absolute Gasteiger partial charge is 0.0434 e. The summed E-state index contributed by atoms with van der Waals surface area (Å²) in [6, 6.07) is 62.6. The first-order valence-electron chi connectivity index (χ1n) is 16.2. The molecule has 0 N–H and O–H groups in total. The van der Waals surface area contributed by atoms with E-state index in [9.17, 15) is 0 Å². The summed E-state index contributed by atoms with van der Waals surface area (Å²) in [5.74, 6) is 0. The van der Waals surface area contributed by atoms with Gasteiger partial charge in [0, 0.05) is 25.7 Å². The molecule has 1 heterocycles. The predicted molar refractivity (Wildman–Crippen MR) is 206 cm³/mol. The van der Waals surface area contributed by atoms with Crippen LogP contribution in [0.15, 0.2) is 170 Å². The van der Waals surface area contributed by atoms with Crippen molar-refractivity contribution in [1.82, 2.24) is 0 Å². The molecule has 1 aromatic heterocycles.